The number of rotatable bonds is 3. The van der Waals surface area contributed by atoms with Crippen molar-refractivity contribution >= 4 is 38.9 Å². The molecule has 0 fully saturated rings. The molecule has 0 N–H and O–H groups in total. The predicted molar refractivity (Wildman–Crippen MR) is 84.6 cm³/mol. The van der Waals surface area contributed by atoms with Gasteiger partial charge in [0.05, 0.1) is 23.5 Å². The monoisotopic (exact) mass is 335 g/mol. The van der Waals surface area contributed by atoms with Gasteiger partial charge in [0.15, 0.2) is 0 Å². The van der Waals surface area contributed by atoms with Gasteiger partial charge in [-0.25, -0.2) is 4.39 Å². The maximum Gasteiger partial charge on any atom is 0.265 e. The van der Waals surface area contributed by atoms with Crippen LogP contribution in [0.5, 0.6) is 0 Å². The average Bonchev–Trinajstić information content (AvgIpc) is 2.86. The summed E-state index contributed by atoms with van der Waals surface area (Å²) in [7, 11) is 1.65. The Morgan fingerprint density at radius 3 is 2.91 bits per heavy atom. The van der Waals surface area contributed by atoms with Crippen LogP contribution in [0.3, 0.4) is 0 Å². The first-order chi connectivity index (χ1) is 10.6. The Morgan fingerprint density at radius 2 is 2.23 bits per heavy atom. The van der Waals surface area contributed by atoms with Gasteiger partial charge in [0, 0.05) is 29.5 Å². The first-order valence-electron chi connectivity index (χ1n) is 6.45. The van der Waals surface area contributed by atoms with E-state index in [1.165, 1.54) is 22.3 Å². The summed E-state index contributed by atoms with van der Waals surface area (Å²) in [4.78, 5) is 22.4. The molecule has 1 aromatic carbocycles. The zero-order valence-corrected chi connectivity index (χ0v) is 13.2. The summed E-state index contributed by atoms with van der Waals surface area (Å²) in [6.07, 6.45) is 4.72. The number of carbonyl (C=O) groups is 1. The van der Waals surface area contributed by atoms with Crippen molar-refractivity contribution in [1.29, 1.82) is 0 Å². The molecule has 3 aromatic rings. The maximum atomic E-state index is 13.9. The van der Waals surface area contributed by atoms with Crippen LogP contribution in [-0.2, 0) is 6.54 Å². The van der Waals surface area contributed by atoms with Crippen molar-refractivity contribution in [2.24, 2.45) is 0 Å². The molecular weight excluding hydrogens is 325 g/mol. The van der Waals surface area contributed by atoms with Gasteiger partial charge >= 0.3 is 0 Å². The number of amides is 1. The average molecular weight is 336 g/mol. The lowest BCUT2D eigenvalue weighted by Gasteiger charge is -2.15. The summed E-state index contributed by atoms with van der Waals surface area (Å²) in [5, 5.41) is 0.458. The normalized spacial score (nSPS) is 10.9. The van der Waals surface area contributed by atoms with Crippen molar-refractivity contribution < 1.29 is 9.18 Å². The number of aromatic nitrogens is 2. The molecule has 112 valence electrons. The van der Waals surface area contributed by atoms with E-state index < -0.39 is 5.82 Å². The summed E-state index contributed by atoms with van der Waals surface area (Å²) in [5.74, 6) is -0.689. The first kappa shape index (κ1) is 14.9. The highest BCUT2D eigenvalue weighted by Gasteiger charge is 2.22. The Hall–Kier alpha value is -2.05. The second-order valence-electron chi connectivity index (χ2n) is 4.72. The lowest BCUT2D eigenvalue weighted by Crippen LogP contribution is -2.26. The van der Waals surface area contributed by atoms with Crippen LogP contribution < -0.4 is 0 Å². The van der Waals surface area contributed by atoms with Crippen LogP contribution in [0.2, 0.25) is 5.02 Å². The van der Waals surface area contributed by atoms with Gasteiger partial charge in [-0.05, 0) is 12.1 Å². The van der Waals surface area contributed by atoms with E-state index in [2.05, 4.69) is 9.97 Å². The van der Waals surface area contributed by atoms with Crippen LogP contribution in [0.25, 0.3) is 10.1 Å². The van der Waals surface area contributed by atoms with Crippen molar-refractivity contribution in [2.45, 2.75) is 6.54 Å². The van der Waals surface area contributed by atoms with Crippen LogP contribution in [0.1, 0.15) is 15.4 Å². The molecule has 0 bridgehead atoms. The maximum absolute atomic E-state index is 13.9. The van der Waals surface area contributed by atoms with Gasteiger partial charge in [0.2, 0.25) is 0 Å². The first-order valence-corrected chi connectivity index (χ1v) is 7.64. The molecule has 0 aliphatic carbocycles. The van der Waals surface area contributed by atoms with Crippen LogP contribution in [0.15, 0.2) is 36.8 Å². The molecule has 7 heteroatoms. The van der Waals surface area contributed by atoms with Gasteiger partial charge in [-0.2, -0.15) is 0 Å². The fraction of sp³-hybridized carbons (Fsp3) is 0.133. The van der Waals surface area contributed by atoms with Crippen molar-refractivity contribution in [3.63, 3.8) is 0 Å². The summed E-state index contributed by atoms with van der Waals surface area (Å²) in [5.41, 5.74) is 0.668. The molecule has 22 heavy (non-hydrogen) atoms. The highest BCUT2D eigenvalue weighted by Crippen LogP contribution is 2.37. The van der Waals surface area contributed by atoms with Gasteiger partial charge in [-0.1, -0.05) is 17.7 Å². The van der Waals surface area contributed by atoms with Crippen molar-refractivity contribution in [3.05, 3.63) is 58.2 Å². The van der Waals surface area contributed by atoms with E-state index in [0.29, 0.717) is 27.2 Å². The summed E-state index contributed by atoms with van der Waals surface area (Å²) < 4.78 is 14.5. The lowest BCUT2D eigenvalue weighted by molar-refractivity contribution is 0.0788. The Bertz CT molecular complexity index is 837. The van der Waals surface area contributed by atoms with Gasteiger partial charge in [-0.15, -0.1) is 11.3 Å². The second kappa shape index (κ2) is 5.98. The SMILES string of the molecule is CN(Cc1cnccn1)C(=O)c1sc2cccc(F)c2c1Cl. The molecule has 0 radical (unpaired) electrons. The molecule has 2 heterocycles. The molecule has 0 spiro atoms. The number of thiophene rings is 1. The zero-order valence-electron chi connectivity index (χ0n) is 11.6. The number of hydrogen-bond donors (Lipinski definition) is 0. The predicted octanol–water partition coefficient (Wildman–Crippen LogP) is 3.76. The molecule has 4 nitrogen and oxygen atoms in total. The minimum absolute atomic E-state index is 0.161. The highest BCUT2D eigenvalue weighted by atomic mass is 35.5. The molecule has 0 saturated carbocycles. The smallest absolute Gasteiger partial charge is 0.265 e. The third kappa shape index (κ3) is 2.67. The molecule has 0 atom stereocenters. The van der Waals surface area contributed by atoms with E-state index in [0.717, 1.165) is 0 Å². The molecule has 0 aliphatic heterocycles. The van der Waals surface area contributed by atoms with E-state index >= 15 is 0 Å². The Labute approximate surface area is 135 Å². The van der Waals surface area contributed by atoms with E-state index in [-0.39, 0.29) is 10.9 Å². The van der Waals surface area contributed by atoms with Gasteiger partial charge in [0.1, 0.15) is 10.7 Å². The molecule has 0 unspecified atom stereocenters. The lowest BCUT2D eigenvalue weighted by atomic mass is 10.2. The molecule has 1 amide bonds. The third-order valence-electron chi connectivity index (χ3n) is 3.16. The topological polar surface area (TPSA) is 46.1 Å². The Morgan fingerprint density at radius 1 is 1.41 bits per heavy atom. The number of hydrogen-bond acceptors (Lipinski definition) is 4. The van der Waals surface area contributed by atoms with Crippen LogP contribution in [-0.4, -0.2) is 27.8 Å². The highest BCUT2D eigenvalue weighted by molar-refractivity contribution is 7.21. The number of nitrogens with zero attached hydrogens (tertiary/aromatic N) is 3. The van der Waals surface area contributed by atoms with Crippen molar-refractivity contribution in [2.75, 3.05) is 7.05 Å². The quantitative estimate of drug-likeness (QED) is 0.732. The van der Waals surface area contributed by atoms with Crippen LogP contribution >= 0.6 is 22.9 Å². The van der Waals surface area contributed by atoms with E-state index in [1.807, 2.05) is 0 Å². The van der Waals surface area contributed by atoms with Gasteiger partial charge in [0.25, 0.3) is 5.91 Å². The van der Waals surface area contributed by atoms with Crippen LogP contribution in [0.4, 0.5) is 4.39 Å². The van der Waals surface area contributed by atoms with E-state index in [4.69, 9.17) is 11.6 Å². The number of benzene rings is 1. The minimum atomic E-state index is -0.422. The van der Waals surface area contributed by atoms with Gasteiger partial charge in [-0.3, -0.25) is 14.8 Å². The Balaban J connectivity index is 1.92. The largest absolute Gasteiger partial charge is 0.335 e. The minimum Gasteiger partial charge on any atom is -0.335 e. The zero-order chi connectivity index (χ0) is 15.7. The van der Waals surface area contributed by atoms with Crippen molar-refractivity contribution in [1.82, 2.24) is 14.9 Å². The Kier molecular flexibility index (Phi) is 4.04. The fourth-order valence-electron chi connectivity index (χ4n) is 2.11. The molecule has 3 rings (SSSR count). The number of carbonyl (C=O) groups excluding carboxylic acids is 1. The third-order valence-corrected chi connectivity index (χ3v) is 4.80. The molecular formula is C15H11ClFN3OS. The molecule has 2 aromatic heterocycles. The fourth-order valence-corrected chi connectivity index (χ4v) is 3.66. The summed E-state index contributed by atoms with van der Waals surface area (Å²) >= 11 is 7.39. The number of fused-ring (bicyclic) bond motifs is 1. The number of halogens is 2. The van der Waals surface area contributed by atoms with Gasteiger partial charge < -0.3 is 4.90 Å². The van der Waals surface area contributed by atoms with Crippen LogP contribution in [0, 0.1) is 5.82 Å². The molecule has 0 aliphatic rings. The summed E-state index contributed by atoms with van der Waals surface area (Å²) in [6, 6.07) is 4.68. The molecule has 0 saturated heterocycles. The van der Waals surface area contributed by atoms with E-state index in [1.54, 1.807) is 37.8 Å². The van der Waals surface area contributed by atoms with Crippen molar-refractivity contribution in [3.8, 4) is 0 Å². The standard InChI is InChI=1S/C15H11ClFN3OS/c1-20(8-9-7-18-5-6-19-9)15(21)14-13(16)12-10(17)3-2-4-11(12)22-14/h2-7H,8H2,1H3. The summed E-state index contributed by atoms with van der Waals surface area (Å²) in [6.45, 7) is 0.305. The second-order valence-corrected chi connectivity index (χ2v) is 6.15. The van der Waals surface area contributed by atoms with E-state index in [9.17, 15) is 9.18 Å².